The van der Waals surface area contributed by atoms with Crippen LogP contribution in [0.5, 0.6) is 0 Å². The van der Waals surface area contributed by atoms with Crippen molar-refractivity contribution in [2.75, 3.05) is 0 Å². The molecule has 0 unspecified atom stereocenters. The maximum Gasteiger partial charge on any atom is 0.260 e. The minimum absolute atomic E-state index is 0.109. The van der Waals surface area contributed by atoms with E-state index in [-0.39, 0.29) is 12.1 Å². The first-order valence-corrected chi connectivity index (χ1v) is 6.03. The largest absolute Gasteiger partial charge is 0.337 e. The van der Waals surface area contributed by atoms with Crippen LogP contribution in [0.3, 0.4) is 0 Å². The molecule has 3 aromatic rings. The van der Waals surface area contributed by atoms with Crippen molar-refractivity contribution in [3.63, 3.8) is 0 Å². The Hall–Kier alpha value is -2.50. The van der Waals surface area contributed by atoms with E-state index in [9.17, 15) is 4.79 Å². The van der Waals surface area contributed by atoms with E-state index < -0.39 is 0 Å². The van der Waals surface area contributed by atoms with E-state index in [2.05, 4.69) is 15.1 Å². The van der Waals surface area contributed by atoms with Gasteiger partial charge in [-0.25, -0.2) is 0 Å². The van der Waals surface area contributed by atoms with Crippen molar-refractivity contribution in [3.05, 3.63) is 52.7 Å². The first kappa shape index (κ1) is 11.6. The van der Waals surface area contributed by atoms with Gasteiger partial charge in [0.2, 0.25) is 5.89 Å². The Bertz CT molecular complexity index is 775. The molecule has 0 amide bonds. The van der Waals surface area contributed by atoms with Crippen molar-refractivity contribution in [3.8, 4) is 0 Å². The van der Waals surface area contributed by atoms with Crippen LogP contribution in [0.4, 0.5) is 0 Å². The summed E-state index contributed by atoms with van der Waals surface area (Å²) in [4.78, 5) is 20.6. The topological polar surface area (TPSA) is 73.8 Å². The number of aryl methyl sites for hydroxylation is 1. The Morgan fingerprint density at radius 1 is 1.37 bits per heavy atom. The van der Waals surface area contributed by atoms with Crippen molar-refractivity contribution >= 4 is 10.9 Å². The molecule has 6 nitrogen and oxygen atoms in total. The number of rotatable bonds is 3. The van der Waals surface area contributed by atoms with Gasteiger partial charge in [0.05, 0.1) is 10.9 Å². The van der Waals surface area contributed by atoms with E-state index in [0.29, 0.717) is 29.0 Å². The summed E-state index contributed by atoms with van der Waals surface area (Å²) in [6, 6.07) is 5.30. The smallest absolute Gasteiger partial charge is 0.260 e. The van der Waals surface area contributed by atoms with Gasteiger partial charge in [0.1, 0.15) is 6.54 Å². The zero-order valence-electron chi connectivity index (χ0n) is 10.4. The molecule has 0 N–H and O–H groups in total. The average Bonchev–Trinajstić information content (AvgIpc) is 2.90. The van der Waals surface area contributed by atoms with Gasteiger partial charge in [-0.15, -0.1) is 0 Å². The van der Waals surface area contributed by atoms with Gasteiger partial charge < -0.3 is 9.09 Å². The first-order valence-electron chi connectivity index (χ1n) is 6.03. The summed E-state index contributed by atoms with van der Waals surface area (Å²) in [7, 11) is 0. The summed E-state index contributed by atoms with van der Waals surface area (Å²) in [5.74, 6) is 1.08. The molecule has 0 aromatic carbocycles. The normalized spacial score (nSPS) is 11.0. The number of aromatic nitrogens is 4. The summed E-state index contributed by atoms with van der Waals surface area (Å²) >= 11 is 0. The van der Waals surface area contributed by atoms with Crippen LogP contribution < -0.4 is 5.56 Å². The summed E-state index contributed by atoms with van der Waals surface area (Å²) in [6.45, 7) is 2.22. The monoisotopic (exact) mass is 256 g/mol. The van der Waals surface area contributed by atoms with Gasteiger partial charge in [-0.3, -0.25) is 9.78 Å². The van der Waals surface area contributed by atoms with E-state index in [4.69, 9.17) is 4.52 Å². The summed E-state index contributed by atoms with van der Waals surface area (Å²) in [5.41, 5.74) is 0.574. The van der Waals surface area contributed by atoms with Crippen molar-refractivity contribution in [2.24, 2.45) is 0 Å². The van der Waals surface area contributed by atoms with Crippen LogP contribution in [0.25, 0.3) is 10.9 Å². The number of fused-ring (bicyclic) bond motifs is 1. The van der Waals surface area contributed by atoms with Crippen LogP contribution in [0.15, 0.2) is 39.9 Å². The average molecular weight is 256 g/mol. The highest BCUT2D eigenvalue weighted by molar-refractivity contribution is 5.76. The molecule has 0 spiro atoms. The molecule has 0 aliphatic carbocycles. The molecule has 0 bridgehead atoms. The molecule has 3 heterocycles. The van der Waals surface area contributed by atoms with Crippen LogP contribution in [0.1, 0.15) is 18.6 Å². The Balaban J connectivity index is 2.01. The van der Waals surface area contributed by atoms with Gasteiger partial charge in [0.15, 0.2) is 5.82 Å². The fourth-order valence-corrected chi connectivity index (χ4v) is 1.88. The quantitative estimate of drug-likeness (QED) is 0.708. The lowest BCUT2D eigenvalue weighted by Crippen LogP contribution is -2.20. The number of nitrogens with zero attached hydrogens (tertiary/aromatic N) is 4. The highest BCUT2D eigenvalue weighted by atomic mass is 16.5. The zero-order chi connectivity index (χ0) is 13.2. The van der Waals surface area contributed by atoms with Gasteiger partial charge in [0.25, 0.3) is 5.56 Å². The first-order chi connectivity index (χ1) is 9.28. The Morgan fingerprint density at radius 3 is 3.05 bits per heavy atom. The van der Waals surface area contributed by atoms with Crippen LogP contribution in [0, 0.1) is 0 Å². The number of hydrogen-bond acceptors (Lipinski definition) is 5. The molecule has 0 saturated heterocycles. The van der Waals surface area contributed by atoms with Crippen molar-refractivity contribution in [1.29, 1.82) is 0 Å². The summed E-state index contributed by atoms with van der Waals surface area (Å²) < 4.78 is 6.63. The molecule has 0 aliphatic heterocycles. The highest BCUT2D eigenvalue weighted by Gasteiger charge is 2.08. The molecule has 0 aliphatic rings. The lowest BCUT2D eigenvalue weighted by Gasteiger charge is -2.03. The van der Waals surface area contributed by atoms with Gasteiger partial charge in [-0.1, -0.05) is 12.1 Å². The Kier molecular flexibility index (Phi) is 2.83. The fraction of sp³-hybridized carbons (Fsp3) is 0.231. The van der Waals surface area contributed by atoms with Crippen molar-refractivity contribution in [2.45, 2.75) is 19.9 Å². The van der Waals surface area contributed by atoms with Crippen LogP contribution in [-0.2, 0) is 13.0 Å². The van der Waals surface area contributed by atoms with Crippen LogP contribution in [-0.4, -0.2) is 19.7 Å². The van der Waals surface area contributed by atoms with E-state index in [1.807, 2.05) is 6.92 Å². The third kappa shape index (κ3) is 2.12. The van der Waals surface area contributed by atoms with Gasteiger partial charge in [-0.05, 0) is 18.2 Å². The molecular weight excluding hydrogens is 244 g/mol. The van der Waals surface area contributed by atoms with E-state index in [0.717, 1.165) is 0 Å². The Morgan fingerprint density at radius 2 is 2.26 bits per heavy atom. The van der Waals surface area contributed by atoms with Gasteiger partial charge in [0, 0.05) is 18.8 Å². The predicted octanol–water partition coefficient (Wildman–Crippen LogP) is 1.39. The zero-order valence-corrected chi connectivity index (χ0v) is 10.4. The molecule has 0 atom stereocenters. The molecule has 0 fully saturated rings. The van der Waals surface area contributed by atoms with E-state index in [1.54, 1.807) is 30.6 Å². The number of pyridine rings is 2. The van der Waals surface area contributed by atoms with Gasteiger partial charge in [-0.2, -0.15) is 4.98 Å². The van der Waals surface area contributed by atoms with Gasteiger partial charge >= 0.3 is 0 Å². The second kappa shape index (κ2) is 4.64. The van der Waals surface area contributed by atoms with E-state index in [1.165, 1.54) is 4.57 Å². The lowest BCUT2D eigenvalue weighted by molar-refractivity contribution is 0.365. The molecule has 6 heteroatoms. The summed E-state index contributed by atoms with van der Waals surface area (Å²) in [5, 5.41) is 4.39. The third-order valence-corrected chi connectivity index (χ3v) is 2.87. The van der Waals surface area contributed by atoms with Crippen LogP contribution in [0.2, 0.25) is 0 Å². The molecule has 96 valence electrons. The van der Waals surface area contributed by atoms with Crippen molar-refractivity contribution < 1.29 is 4.52 Å². The SMILES string of the molecule is CCc1noc(Cn2ccc3ncccc3c2=O)n1. The number of hydrogen-bond donors (Lipinski definition) is 0. The minimum atomic E-state index is -0.109. The molecule has 0 saturated carbocycles. The predicted molar refractivity (Wildman–Crippen MR) is 68.8 cm³/mol. The fourth-order valence-electron chi connectivity index (χ4n) is 1.88. The third-order valence-electron chi connectivity index (χ3n) is 2.87. The highest BCUT2D eigenvalue weighted by Crippen LogP contribution is 2.06. The van der Waals surface area contributed by atoms with Crippen LogP contribution >= 0.6 is 0 Å². The standard InChI is InChI=1S/C13H12N4O2/c1-2-11-15-12(19-16-11)8-17-7-5-10-9(13(17)18)4-3-6-14-10/h3-7H,2,8H2,1H3. The second-order valence-corrected chi connectivity index (χ2v) is 4.14. The van der Waals surface area contributed by atoms with Crippen molar-refractivity contribution in [1.82, 2.24) is 19.7 Å². The summed E-state index contributed by atoms with van der Waals surface area (Å²) in [6.07, 6.45) is 4.06. The lowest BCUT2D eigenvalue weighted by atomic mass is 10.2. The maximum absolute atomic E-state index is 12.2. The van der Waals surface area contributed by atoms with E-state index >= 15 is 0 Å². The molecule has 19 heavy (non-hydrogen) atoms. The molecule has 3 aromatic heterocycles. The molecule has 0 radical (unpaired) electrons. The minimum Gasteiger partial charge on any atom is -0.337 e. The second-order valence-electron chi connectivity index (χ2n) is 4.14. The molecular formula is C13H12N4O2. The Labute approximate surface area is 108 Å². The molecule has 3 rings (SSSR count). The maximum atomic E-state index is 12.2.